The Morgan fingerprint density at radius 1 is 1.14 bits per heavy atom. The van der Waals surface area contributed by atoms with Crippen molar-refractivity contribution in [1.82, 2.24) is 9.36 Å². The van der Waals surface area contributed by atoms with Crippen LogP contribution in [0.4, 0.5) is 5.13 Å². The zero-order chi connectivity index (χ0) is 15.5. The predicted octanol–water partition coefficient (Wildman–Crippen LogP) is 2.73. The molecule has 0 atom stereocenters. The van der Waals surface area contributed by atoms with Crippen LogP contribution in [0.25, 0.3) is 10.8 Å². The van der Waals surface area contributed by atoms with E-state index in [1.165, 1.54) is 7.11 Å². The lowest BCUT2D eigenvalue weighted by molar-refractivity contribution is 0.0588. The number of carbonyl (C=O) groups is 2. The highest BCUT2D eigenvalue weighted by atomic mass is 32.1. The number of ether oxygens (including phenoxy) is 1. The molecular formula is C15H11N3O3S. The highest BCUT2D eigenvalue weighted by Gasteiger charge is 2.16. The van der Waals surface area contributed by atoms with Gasteiger partial charge < -0.3 is 4.74 Å². The van der Waals surface area contributed by atoms with Crippen molar-refractivity contribution in [3.8, 4) is 0 Å². The van der Waals surface area contributed by atoms with E-state index in [1.807, 2.05) is 36.4 Å². The Balaban J connectivity index is 1.87. The molecule has 2 aromatic carbocycles. The highest BCUT2D eigenvalue weighted by Crippen LogP contribution is 2.20. The fourth-order valence-electron chi connectivity index (χ4n) is 2.04. The van der Waals surface area contributed by atoms with Crippen LogP contribution in [0.15, 0.2) is 42.5 Å². The molecule has 1 aromatic heterocycles. The average molecular weight is 313 g/mol. The maximum atomic E-state index is 12.4. The molecule has 6 nitrogen and oxygen atoms in total. The molecule has 1 heterocycles. The molecule has 1 N–H and O–H groups in total. The second-order valence-corrected chi connectivity index (χ2v) is 5.15. The molecule has 3 rings (SSSR count). The molecule has 0 aliphatic rings. The van der Waals surface area contributed by atoms with E-state index in [1.54, 1.807) is 6.07 Å². The van der Waals surface area contributed by atoms with Crippen LogP contribution < -0.4 is 5.32 Å². The fourth-order valence-corrected chi connectivity index (χ4v) is 2.59. The first-order valence-corrected chi connectivity index (χ1v) is 7.17. The molecular weight excluding hydrogens is 302 g/mol. The summed E-state index contributed by atoms with van der Waals surface area (Å²) in [5.41, 5.74) is 0.535. The van der Waals surface area contributed by atoms with Gasteiger partial charge in [0.15, 0.2) is 0 Å². The van der Waals surface area contributed by atoms with E-state index < -0.39 is 5.97 Å². The fraction of sp³-hybridized carbons (Fsp3) is 0.0667. The Hall–Kier alpha value is -2.80. The van der Waals surface area contributed by atoms with Gasteiger partial charge in [-0.1, -0.05) is 36.4 Å². The van der Waals surface area contributed by atoms with Crippen LogP contribution in [-0.2, 0) is 4.74 Å². The molecule has 0 bridgehead atoms. The third-order valence-electron chi connectivity index (χ3n) is 3.05. The molecule has 0 unspecified atom stereocenters. The van der Waals surface area contributed by atoms with Crippen LogP contribution in [0.3, 0.4) is 0 Å². The zero-order valence-corrected chi connectivity index (χ0v) is 12.4. The first kappa shape index (κ1) is 14.2. The number of benzene rings is 2. The molecule has 0 radical (unpaired) electrons. The molecule has 0 aliphatic carbocycles. The summed E-state index contributed by atoms with van der Waals surface area (Å²) in [7, 11) is 1.25. The van der Waals surface area contributed by atoms with Gasteiger partial charge in [-0.2, -0.15) is 9.36 Å². The summed E-state index contributed by atoms with van der Waals surface area (Å²) in [4.78, 5) is 27.6. The zero-order valence-electron chi connectivity index (χ0n) is 11.6. The van der Waals surface area contributed by atoms with Crippen LogP contribution in [-0.4, -0.2) is 28.3 Å². The lowest BCUT2D eigenvalue weighted by Gasteiger charge is -2.05. The molecule has 7 heteroatoms. The van der Waals surface area contributed by atoms with Crippen molar-refractivity contribution in [2.45, 2.75) is 0 Å². The lowest BCUT2D eigenvalue weighted by atomic mass is 10.0. The van der Waals surface area contributed by atoms with Crippen molar-refractivity contribution in [3.05, 3.63) is 53.9 Å². The summed E-state index contributed by atoms with van der Waals surface area (Å²) in [5, 5.41) is 4.72. The van der Waals surface area contributed by atoms with Gasteiger partial charge in [-0.25, -0.2) is 4.79 Å². The number of amides is 1. The summed E-state index contributed by atoms with van der Waals surface area (Å²) in [6.07, 6.45) is 0. The Morgan fingerprint density at radius 2 is 1.91 bits per heavy atom. The summed E-state index contributed by atoms with van der Waals surface area (Å²) in [5.74, 6) is -1.01. The lowest BCUT2D eigenvalue weighted by Crippen LogP contribution is -2.12. The van der Waals surface area contributed by atoms with Crippen LogP contribution in [0.1, 0.15) is 21.0 Å². The molecule has 0 fully saturated rings. The van der Waals surface area contributed by atoms with Crippen molar-refractivity contribution < 1.29 is 14.3 Å². The van der Waals surface area contributed by atoms with E-state index >= 15 is 0 Å². The standard InChI is InChI=1S/C15H11N3O3S/c1-21-14(20)12-16-15(22-18-12)17-13(19)11-8-4-6-9-5-2-3-7-10(9)11/h2-8H,1H3,(H,16,17,18,19). The van der Waals surface area contributed by atoms with Crippen molar-refractivity contribution in [2.75, 3.05) is 12.4 Å². The number of nitrogens with one attached hydrogen (secondary N) is 1. The van der Waals surface area contributed by atoms with E-state index in [9.17, 15) is 9.59 Å². The van der Waals surface area contributed by atoms with E-state index in [0.717, 1.165) is 22.3 Å². The number of rotatable bonds is 3. The minimum absolute atomic E-state index is 0.0688. The minimum Gasteiger partial charge on any atom is -0.463 e. The first-order chi connectivity index (χ1) is 10.7. The maximum absolute atomic E-state index is 12.4. The monoisotopic (exact) mass is 313 g/mol. The largest absolute Gasteiger partial charge is 0.463 e. The van der Waals surface area contributed by atoms with Gasteiger partial charge in [-0.05, 0) is 16.8 Å². The summed E-state index contributed by atoms with van der Waals surface area (Å²) in [6.45, 7) is 0. The topological polar surface area (TPSA) is 81.2 Å². The van der Waals surface area contributed by atoms with E-state index in [4.69, 9.17) is 0 Å². The number of anilines is 1. The maximum Gasteiger partial charge on any atom is 0.377 e. The molecule has 0 saturated heterocycles. The van der Waals surface area contributed by atoms with Crippen LogP contribution in [0, 0.1) is 0 Å². The highest BCUT2D eigenvalue weighted by molar-refractivity contribution is 7.10. The van der Waals surface area contributed by atoms with Crippen molar-refractivity contribution >= 4 is 39.3 Å². The number of hydrogen-bond donors (Lipinski definition) is 1. The summed E-state index contributed by atoms with van der Waals surface area (Å²) in [6, 6.07) is 13.1. The second-order valence-electron chi connectivity index (χ2n) is 4.40. The van der Waals surface area contributed by atoms with Crippen LogP contribution in [0.2, 0.25) is 0 Å². The number of nitrogens with zero attached hydrogens (tertiary/aromatic N) is 2. The van der Waals surface area contributed by atoms with Gasteiger partial charge in [0.25, 0.3) is 11.7 Å². The number of hydrogen-bond acceptors (Lipinski definition) is 6. The molecule has 1 amide bonds. The van der Waals surface area contributed by atoms with E-state index in [-0.39, 0.29) is 16.9 Å². The predicted molar refractivity (Wildman–Crippen MR) is 83.1 cm³/mol. The number of aromatic nitrogens is 2. The van der Waals surface area contributed by atoms with Gasteiger partial charge in [-0.15, -0.1) is 0 Å². The van der Waals surface area contributed by atoms with Gasteiger partial charge in [0.1, 0.15) is 0 Å². The van der Waals surface area contributed by atoms with Crippen molar-refractivity contribution in [1.29, 1.82) is 0 Å². The smallest absolute Gasteiger partial charge is 0.377 e. The minimum atomic E-state index is -0.637. The van der Waals surface area contributed by atoms with Gasteiger partial charge in [0, 0.05) is 17.1 Å². The van der Waals surface area contributed by atoms with Gasteiger partial charge in [0.05, 0.1) is 7.11 Å². The molecule has 0 aliphatic heterocycles. The quantitative estimate of drug-likeness (QED) is 0.752. The van der Waals surface area contributed by atoms with Crippen LogP contribution >= 0.6 is 11.5 Å². The first-order valence-electron chi connectivity index (χ1n) is 6.40. The Bertz CT molecular complexity index is 855. The Kier molecular flexibility index (Phi) is 3.80. The second kappa shape index (κ2) is 5.90. The summed E-state index contributed by atoms with van der Waals surface area (Å²) < 4.78 is 8.36. The van der Waals surface area contributed by atoms with Gasteiger partial charge in [-0.3, -0.25) is 10.1 Å². The SMILES string of the molecule is COC(=O)c1nsc(NC(=O)c2cccc3ccccc23)n1. The third kappa shape index (κ3) is 2.66. The summed E-state index contributed by atoms with van der Waals surface area (Å²) >= 11 is 0.928. The molecule has 0 saturated carbocycles. The average Bonchev–Trinajstić information content (AvgIpc) is 3.02. The third-order valence-corrected chi connectivity index (χ3v) is 3.68. The molecule has 22 heavy (non-hydrogen) atoms. The number of esters is 1. The van der Waals surface area contributed by atoms with Crippen molar-refractivity contribution in [2.24, 2.45) is 0 Å². The van der Waals surface area contributed by atoms with Gasteiger partial charge >= 0.3 is 5.97 Å². The molecule has 0 spiro atoms. The van der Waals surface area contributed by atoms with E-state index in [0.29, 0.717) is 5.56 Å². The number of fused-ring (bicyclic) bond motifs is 1. The van der Waals surface area contributed by atoms with Crippen LogP contribution in [0.5, 0.6) is 0 Å². The normalized spacial score (nSPS) is 10.4. The Morgan fingerprint density at radius 3 is 2.73 bits per heavy atom. The molecule has 3 aromatic rings. The van der Waals surface area contributed by atoms with Gasteiger partial charge in [0.2, 0.25) is 5.13 Å². The number of carbonyl (C=O) groups excluding carboxylic acids is 2. The molecule has 110 valence electrons. The van der Waals surface area contributed by atoms with Crippen molar-refractivity contribution in [3.63, 3.8) is 0 Å². The van der Waals surface area contributed by atoms with E-state index in [2.05, 4.69) is 19.4 Å². The number of methoxy groups -OCH3 is 1. The Labute approximate surface area is 129 Å².